The highest BCUT2D eigenvalue weighted by Crippen LogP contribution is 2.30. The topological polar surface area (TPSA) is 55.7 Å². The van der Waals surface area contributed by atoms with Gasteiger partial charge in [-0.05, 0) is 73.0 Å². The molecule has 0 radical (unpaired) electrons. The summed E-state index contributed by atoms with van der Waals surface area (Å²) in [6.45, 7) is 1.95. The molecule has 5 nitrogen and oxygen atoms in total. The van der Waals surface area contributed by atoms with Crippen molar-refractivity contribution in [1.29, 1.82) is 0 Å². The van der Waals surface area contributed by atoms with Gasteiger partial charge in [-0.1, -0.05) is 17.4 Å². The summed E-state index contributed by atoms with van der Waals surface area (Å²) in [5.41, 5.74) is 0.749. The van der Waals surface area contributed by atoms with Gasteiger partial charge in [-0.15, -0.1) is 0 Å². The van der Waals surface area contributed by atoms with Crippen LogP contribution in [0.3, 0.4) is 0 Å². The summed E-state index contributed by atoms with van der Waals surface area (Å²) in [6, 6.07) is 7.96. The fourth-order valence-electron chi connectivity index (χ4n) is 2.76. The maximum absolute atomic E-state index is 6.03. The van der Waals surface area contributed by atoms with E-state index < -0.39 is 0 Å². The number of nitrogens with one attached hydrogen (secondary N) is 1. The van der Waals surface area contributed by atoms with Crippen molar-refractivity contribution in [2.24, 2.45) is 5.16 Å². The van der Waals surface area contributed by atoms with Crippen molar-refractivity contribution >= 4 is 56.9 Å². The van der Waals surface area contributed by atoms with Crippen LogP contribution >= 0.6 is 34.8 Å². The van der Waals surface area contributed by atoms with E-state index in [1.807, 2.05) is 31.3 Å². The normalized spacial score (nSPS) is 17.1. The van der Waals surface area contributed by atoms with Crippen molar-refractivity contribution in [1.82, 2.24) is 10.3 Å². The molecule has 1 heterocycles. The van der Waals surface area contributed by atoms with Crippen molar-refractivity contribution in [3.63, 3.8) is 0 Å². The number of benzene rings is 1. The Morgan fingerprint density at radius 1 is 1.44 bits per heavy atom. The molecule has 0 bridgehead atoms. The molecule has 1 fully saturated rings. The Bertz CT molecular complexity index is 808. The number of halogens is 1. The zero-order valence-electron chi connectivity index (χ0n) is 14.2. The molecule has 0 saturated heterocycles. The molecule has 1 aliphatic rings. The number of nitrogens with zero attached hydrogens (tertiary/aromatic N) is 2. The highest BCUT2D eigenvalue weighted by Gasteiger charge is 2.37. The van der Waals surface area contributed by atoms with Crippen LogP contribution in [-0.2, 0) is 4.84 Å². The molecule has 3 rings (SSSR count). The molecule has 1 saturated carbocycles. The molecular formula is C18H20IN3O2S. The van der Waals surface area contributed by atoms with E-state index in [-0.39, 0.29) is 11.6 Å². The van der Waals surface area contributed by atoms with Gasteiger partial charge in [-0.2, -0.15) is 0 Å². The van der Waals surface area contributed by atoms with Gasteiger partial charge in [-0.25, -0.2) is 0 Å². The fourth-order valence-corrected chi connectivity index (χ4v) is 3.48. The van der Waals surface area contributed by atoms with E-state index in [1.165, 1.54) is 0 Å². The quantitative estimate of drug-likeness (QED) is 0.299. The predicted octanol–water partition coefficient (Wildman–Crippen LogP) is 4.08. The second-order valence-corrected chi connectivity index (χ2v) is 7.87. The van der Waals surface area contributed by atoms with Crippen LogP contribution < -0.4 is 10.1 Å². The zero-order chi connectivity index (χ0) is 17.9. The van der Waals surface area contributed by atoms with E-state index in [9.17, 15) is 0 Å². The van der Waals surface area contributed by atoms with Gasteiger partial charge in [-0.3, -0.25) is 4.98 Å². The van der Waals surface area contributed by atoms with E-state index in [0.717, 1.165) is 39.5 Å². The number of fused-ring (bicyclic) bond motifs is 1. The largest absolute Gasteiger partial charge is 0.484 e. The highest BCUT2D eigenvalue weighted by atomic mass is 127. The monoisotopic (exact) mass is 469 g/mol. The van der Waals surface area contributed by atoms with Crippen LogP contribution in [0.1, 0.15) is 26.2 Å². The van der Waals surface area contributed by atoms with Crippen LogP contribution in [0.25, 0.3) is 10.9 Å². The number of hydrogen-bond acceptors (Lipinski definition) is 5. The zero-order valence-corrected chi connectivity index (χ0v) is 17.1. The van der Waals surface area contributed by atoms with E-state index in [2.05, 4.69) is 44.1 Å². The smallest absolute Gasteiger partial charge is 0.146 e. The minimum atomic E-state index is -0.239. The number of aromatic nitrogens is 1. The number of hydrogen-bond donors (Lipinski definition) is 1. The first-order chi connectivity index (χ1) is 12.0. The lowest BCUT2D eigenvalue weighted by molar-refractivity contribution is 0.205. The third-order valence-corrected chi connectivity index (χ3v) is 5.35. The summed E-state index contributed by atoms with van der Waals surface area (Å²) < 4.78 is 7.13. The Morgan fingerprint density at radius 3 is 2.92 bits per heavy atom. The average molecular weight is 469 g/mol. The van der Waals surface area contributed by atoms with Crippen LogP contribution in [0.15, 0.2) is 35.6 Å². The SMILES string of the molecule is CON=CC1(NC(=S)C(C)Oc2ccc3ncc(I)cc3c2)CCC1. The third-order valence-electron chi connectivity index (χ3n) is 4.32. The summed E-state index contributed by atoms with van der Waals surface area (Å²) in [4.78, 5) is 9.88. The van der Waals surface area contributed by atoms with Crippen LogP contribution in [0, 0.1) is 3.57 Å². The summed E-state index contributed by atoms with van der Waals surface area (Å²) >= 11 is 7.79. The minimum absolute atomic E-state index is 0.200. The van der Waals surface area contributed by atoms with Crippen LogP contribution in [0.2, 0.25) is 0 Å². The molecular weight excluding hydrogens is 449 g/mol. The van der Waals surface area contributed by atoms with Crippen LogP contribution in [0.5, 0.6) is 5.75 Å². The van der Waals surface area contributed by atoms with Crippen molar-refractivity contribution < 1.29 is 9.57 Å². The summed E-state index contributed by atoms with van der Waals surface area (Å²) in [6.07, 6.45) is 6.55. The Balaban J connectivity index is 1.68. The number of pyridine rings is 1. The van der Waals surface area contributed by atoms with Gasteiger partial charge < -0.3 is 14.9 Å². The first-order valence-electron chi connectivity index (χ1n) is 8.13. The minimum Gasteiger partial charge on any atom is -0.484 e. The highest BCUT2D eigenvalue weighted by molar-refractivity contribution is 14.1. The van der Waals surface area contributed by atoms with Crippen LogP contribution in [-0.4, -0.2) is 34.9 Å². The molecule has 1 atom stereocenters. The standard InChI is InChI=1S/C18H20IN3O2S/c1-12(17(25)22-18(6-3-7-18)11-21-23-2)24-15-4-5-16-13(9-15)8-14(19)10-20-16/h4-5,8-12H,3,6-7H2,1-2H3,(H,22,25). The Kier molecular flexibility index (Phi) is 5.73. The van der Waals surface area contributed by atoms with E-state index >= 15 is 0 Å². The number of rotatable bonds is 6. The van der Waals surface area contributed by atoms with Crippen molar-refractivity contribution in [2.75, 3.05) is 7.11 Å². The molecule has 1 N–H and O–H groups in total. The van der Waals surface area contributed by atoms with Crippen molar-refractivity contribution in [3.05, 3.63) is 34.0 Å². The first kappa shape index (κ1) is 18.3. The molecule has 132 valence electrons. The molecule has 25 heavy (non-hydrogen) atoms. The second-order valence-electron chi connectivity index (χ2n) is 6.18. The second kappa shape index (κ2) is 7.82. The summed E-state index contributed by atoms with van der Waals surface area (Å²) in [5.74, 6) is 0.779. The average Bonchev–Trinajstić information content (AvgIpc) is 2.56. The number of ether oxygens (including phenoxy) is 1. The number of thiocarbonyl (C=S) groups is 1. The lowest BCUT2D eigenvalue weighted by atomic mass is 9.77. The summed E-state index contributed by atoms with van der Waals surface area (Å²) in [7, 11) is 1.54. The lowest BCUT2D eigenvalue weighted by Gasteiger charge is -2.40. The molecule has 0 amide bonds. The molecule has 1 aromatic carbocycles. The molecule has 0 aliphatic heterocycles. The van der Waals surface area contributed by atoms with Gasteiger partial charge in [0.2, 0.25) is 0 Å². The van der Waals surface area contributed by atoms with Gasteiger partial charge in [0.1, 0.15) is 24.0 Å². The van der Waals surface area contributed by atoms with Gasteiger partial charge in [0.15, 0.2) is 0 Å². The Morgan fingerprint density at radius 2 is 2.24 bits per heavy atom. The van der Waals surface area contributed by atoms with Gasteiger partial charge in [0.05, 0.1) is 17.3 Å². The Labute approximate surface area is 166 Å². The maximum atomic E-state index is 6.03. The third kappa shape index (κ3) is 4.38. The molecule has 1 aromatic heterocycles. The van der Waals surface area contributed by atoms with Crippen molar-refractivity contribution in [2.45, 2.75) is 37.8 Å². The van der Waals surface area contributed by atoms with E-state index in [1.54, 1.807) is 13.3 Å². The maximum Gasteiger partial charge on any atom is 0.146 e. The van der Waals surface area contributed by atoms with Gasteiger partial charge in [0, 0.05) is 15.2 Å². The Hall–Kier alpha value is -1.48. The summed E-state index contributed by atoms with van der Waals surface area (Å²) in [5, 5.41) is 8.36. The first-order valence-corrected chi connectivity index (χ1v) is 9.62. The molecule has 7 heteroatoms. The van der Waals surface area contributed by atoms with E-state index in [4.69, 9.17) is 21.8 Å². The fraction of sp³-hybridized carbons (Fsp3) is 0.389. The lowest BCUT2D eigenvalue weighted by Crippen LogP contribution is -2.57. The van der Waals surface area contributed by atoms with Crippen molar-refractivity contribution in [3.8, 4) is 5.75 Å². The molecule has 1 unspecified atom stereocenters. The van der Waals surface area contributed by atoms with Gasteiger partial charge >= 0.3 is 0 Å². The molecule has 1 aliphatic carbocycles. The van der Waals surface area contributed by atoms with Crippen LogP contribution in [0.4, 0.5) is 0 Å². The van der Waals surface area contributed by atoms with E-state index in [0.29, 0.717) is 4.99 Å². The number of oxime groups is 1. The molecule has 0 spiro atoms. The van der Waals surface area contributed by atoms with Gasteiger partial charge in [0.25, 0.3) is 0 Å². The predicted molar refractivity (Wildman–Crippen MR) is 112 cm³/mol. The molecule has 2 aromatic rings.